The van der Waals surface area contributed by atoms with Crippen molar-refractivity contribution in [2.75, 3.05) is 69.3 Å². The van der Waals surface area contributed by atoms with E-state index in [1.807, 2.05) is 12.1 Å². The van der Waals surface area contributed by atoms with Crippen LogP contribution in [-0.4, -0.2) is 70.3 Å². The van der Waals surface area contributed by atoms with Crippen molar-refractivity contribution < 1.29 is 4.74 Å². The number of aliphatic imine (C=N–C) groups is 1. The van der Waals surface area contributed by atoms with Crippen LogP contribution in [0.3, 0.4) is 0 Å². The number of para-hydroxylation sites is 3. The summed E-state index contributed by atoms with van der Waals surface area (Å²) >= 11 is 0. The van der Waals surface area contributed by atoms with E-state index in [0.717, 1.165) is 64.1 Å². The number of guanidine groups is 1. The van der Waals surface area contributed by atoms with Crippen LogP contribution in [0.4, 0.5) is 11.4 Å². The van der Waals surface area contributed by atoms with Crippen molar-refractivity contribution in [3.63, 3.8) is 0 Å². The fourth-order valence-electron chi connectivity index (χ4n) is 4.55. The molecule has 2 saturated heterocycles. The van der Waals surface area contributed by atoms with E-state index < -0.39 is 0 Å². The number of ether oxygens (including phenoxy) is 1. The van der Waals surface area contributed by atoms with Gasteiger partial charge in [-0.15, -0.1) is 0 Å². The summed E-state index contributed by atoms with van der Waals surface area (Å²) in [6.45, 7) is 10.1. The number of hydrogen-bond acceptors (Lipinski definition) is 4. The number of anilines is 2. The molecule has 0 amide bonds. The molecule has 2 aromatic rings. The first kappa shape index (κ1) is 21.3. The minimum atomic E-state index is 0.573. The maximum atomic E-state index is 5.55. The normalized spacial score (nSPS) is 19.6. The summed E-state index contributed by atoms with van der Waals surface area (Å²) in [5.41, 5.74) is 2.51. The molecule has 1 N–H and O–H groups in total. The fraction of sp³-hybridized carbons (Fsp3) is 0.480. The van der Waals surface area contributed by atoms with Gasteiger partial charge in [-0.1, -0.05) is 30.3 Å². The van der Waals surface area contributed by atoms with Gasteiger partial charge in [-0.2, -0.15) is 0 Å². The van der Waals surface area contributed by atoms with Crippen LogP contribution in [0.25, 0.3) is 0 Å². The van der Waals surface area contributed by atoms with Gasteiger partial charge in [-0.05, 0) is 43.5 Å². The van der Waals surface area contributed by atoms with Crippen LogP contribution >= 0.6 is 0 Å². The predicted octanol–water partition coefficient (Wildman–Crippen LogP) is 3.31. The molecule has 1 unspecified atom stereocenters. The Morgan fingerprint density at radius 2 is 1.71 bits per heavy atom. The highest BCUT2D eigenvalue weighted by molar-refractivity contribution is 5.80. The standard InChI is InChI=1S/C25H35N5O/c1-3-26-25(29-17-15-28(16-18-29)22-9-5-4-6-10-22)27-19-21-13-14-30(20-21)23-11-7-8-12-24(23)31-2/h4-12,21H,3,13-20H2,1-2H3,(H,26,27). The Balaban J connectivity index is 1.33. The third-order valence-corrected chi connectivity index (χ3v) is 6.25. The highest BCUT2D eigenvalue weighted by Gasteiger charge is 2.25. The number of benzene rings is 2. The summed E-state index contributed by atoms with van der Waals surface area (Å²) in [6.07, 6.45) is 1.17. The van der Waals surface area contributed by atoms with E-state index in [0.29, 0.717) is 5.92 Å². The lowest BCUT2D eigenvalue weighted by atomic mass is 10.1. The summed E-state index contributed by atoms with van der Waals surface area (Å²) in [5, 5.41) is 3.52. The Kier molecular flexibility index (Phi) is 7.18. The Hall–Kier alpha value is -2.89. The molecule has 1 atom stereocenters. The van der Waals surface area contributed by atoms with Crippen molar-refractivity contribution in [2.24, 2.45) is 10.9 Å². The predicted molar refractivity (Wildman–Crippen MR) is 130 cm³/mol. The van der Waals surface area contributed by atoms with E-state index in [1.165, 1.54) is 17.8 Å². The second-order valence-electron chi connectivity index (χ2n) is 8.28. The third-order valence-electron chi connectivity index (χ3n) is 6.25. The van der Waals surface area contributed by atoms with Crippen LogP contribution in [0.5, 0.6) is 5.75 Å². The van der Waals surface area contributed by atoms with Crippen molar-refractivity contribution in [2.45, 2.75) is 13.3 Å². The van der Waals surface area contributed by atoms with Gasteiger partial charge in [0.05, 0.1) is 12.8 Å². The van der Waals surface area contributed by atoms with Crippen molar-refractivity contribution in [1.82, 2.24) is 10.2 Å². The molecule has 2 aliphatic heterocycles. The van der Waals surface area contributed by atoms with Gasteiger partial charge in [0, 0.05) is 58.0 Å². The Labute approximate surface area is 186 Å². The van der Waals surface area contributed by atoms with Crippen LogP contribution < -0.4 is 19.9 Å². The van der Waals surface area contributed by atoms with Gasteiger partial charge in [0.2, 0.25) is 0 Å². The molecule has 0 bridgehead atoms. The highest BCUT2D eigenvalue weighted by atomic mass is 16.5. The van der Waals surface area contributed by atoms with Crippen LogP contribution in [-0.2, 0) is 0 Å². The van der Waals surface area contributed by atoms with Gasteiger partial charge in [-0.3, -0.25) is 4.99 Å². The van der Waals surface area contributed by atoms with Crippen LogP contribution in [0, 0.1) is 5.92 Å². The molecule has 166 valence electrons. The van der Waals surface area contributed by atoms with Gasteiger partial charge in [0.25, 0.3) is 0 Å². The first-order valence-electron chi connectivity index (χ1n) is 11.5. The number of methoxy groups -OCH3 is 1. The zero-order valence-electron chi connectivity index (χ0n) is 18.8. The Bertz CT molecular complexity index is 848. The first-order chi connectivity index (χ1) is 15.3. The average Bonchev–Trinajstić information content (AvgIpc) is 3.31. The lowest BCUT2D eigenvalue weighted by molar-refractivity contribution is 0.371. The van der Waals surface area contributed by atoms with Gasteiger partial charge in [-0.25, -0.2) is 0 Å². The number of nitrogens with one attached hydrogen (secondary N) is 1. The minimum Gasteiger partial charge on any atom is -0.495 e. The zero-order valence-corrected chi connectivity index (χ0v) is 18.8. The summed E-state index contributed by atoms with van der Waals surface area (Å²) < 4.78 is 5.55. The van der Waals surface area contributed by atoms with E-state index in [9.17, 15) is 0 Å². The molecule has 0 aromatic heterocycles. The summed E-state index contributed by atoms with van der Waals surface area (Å²) in [5.74, 6) is 2.59. The molecular formula is C25H35N5O. The molecule has 0 radical (unpaired) electrons. The second-order valence-corrected chi connectivity index (χ2v) is 8.28. The maximum Gasteiger partial charge on any atom is 0.194 e. The van der Waals surface area contributed by atoms with E-state index in [1.54, 1.807) is 7.11 Å². The second kappa shape index (κ2) is 10.4. The summed E-state index contributed by atoms with van der Waals surface area (Å²) in [6, 6.07) is 19.0. The van der Waals surface area contributed by atoms with Crippen LogP contribution in [0.2, 0.25) is 0 Å². The minimum absolute atomic E-state index is 0.573. The SMILES string of the molecule is CCNC(=NCC1CCN(c2ccccc2OC)C1)N1CCN(c2ccccc2)CC1. The lowest BCUT2D eigenvalue weighted by Crippen LogP contribution is -2.52. The molecule has 4 rings (SSSR count). The van der Waals surface area contributed by atoms with E-state index in [4.69, 9.17) is 9.73 Å². The highest BCUT2D eigenvalue weighted by Crippen LogP contribution is 2.32. The molecule has 6 nitrogen and oxygen atoms in total. The van der Waals surface area contributed by atoms with E-state index in [-0.39, 0.29) is 0 Å². The number of piperazine rings is 1. The quantitative estimate of drug-likeness (QED) is 0.573. The van der Waals surface area contributed by atoms with Gasteiger partial charge < -0.3 is 24.8 Å². The van der Waals surface area contributed by atoms with Crippen molar-refractivity contribution in [3.8, 4) is 5.75 Å². The number of rotatable bonds is 6. The largest absolute Gasteiger partial charge is 0.495 e. The third kappa shape index (κ3) is 5.24. The fourth-order valence-corrected chi connectivity index (χ4v) is 4.55. The first-order valence-corrected chi connectivity index (χ1v) is 11.5. The van der Waals surface area contributed by atoms with Gasteiger partial charge in [0.15, 0.2) is 5.96 Å². The van der Waals surface area contributed by atoms with E-state index in [2.05, 4.69) is 69.4 Å². The lowest BCUT2D eigenvalue weighted by Gasteiger charge is -2.37. The smallest absolute Gasteiger partial charge is 0.194 e. The van der Waals surface area contributed by atoms with Crippen LogP contribution in [0.15, 0.2) is 59.6 Å². The number of hydrogen-bond donors (Lipinski definition) is 1. The summed E-state index contributed by atoms with van der Waals surface area (Å²) in [7, 11) is 1.75. The summed E-state index contributed by atoms with van der Waals surface area (Å²) in [4.78, 5) is 12.4. The van der Waals surface area contributed by atoms with Gasteiger partial charge >= 0.3 is 0 Å². The maximum absolute atomic E-state index is 5.55. The van der Waals surface area contributed by atoms with Crippen molar-refractivity contribution >= 4 is 17.3 Å². The van der Waals surface area contributed by atoms with E-state index >= 15 is 0 Å². The Morgan fingerprint density at radius 1 is 0.968 bits per heavy atom. The molecular weight excluding hydrogens is 386 g/mol. The molecule has 0 aliphatic carbocycles. The zero-order chi connectivity index (χ0) is 21.5. The molecule has 2 aliphatic rings. The molecule has 2 aromatic carbocycles. The topological polar surface area (TPSA) is 43.3 Å². The van der Waals surface area contributed by atoms with Crippen molar-refractivity contribution in [3.05, 3.63) is 54.6 Å². The molecule has 0 spiro atoms. The molecule has 2 heterocycles. The molecule has 0 saturated carbocycles. The van der Waals surface area contributed by atoms with Gasteiger partial charge in [0.1, 0.15) is 5.75 Å². The molecule has 31 heavy (non-hydrogen) atoms. The monoisotopic (exact) mass is 421 g/mol. The molecule has 2 fully saturated rings. The average molecular weight is 422 g/mol. The molecule has 6 heteroatoms. The van der Waals surface area contributed by atoms with Crippen molar-refractivity contribution in [1.29, 1.82) is 0 Å². The Morgan fingerprint density at radius 3 is 2.45 bits per heavy atom. The number of nitrogens with zero attached hydrogens (tertiary/aromatic N) is 4. The van der Waals surface area contributed by atoms with Crippen LogP contribution in [0.1, 0.15) is 13.3 Å².